The van der Waals surface area contributed by atoms with Crippen molar-refractivity contribution in [3.8, 4) is 28.6 Å². The van der Waals surface area contributed by atoms with Crippen molar-refractivity contribution in [1.82, 2.24) is 20.1 Å². The third kappa shape index (κ3) is 4.71. The number of benzene rings is 2. The van der Waals surface area contributed by atoms with E-state index < -0.39 is 24.5 Å². The number of aromatic hydroxyl groups is 2. The molecule has 32 heavy (non-hydrogen) atoms. The molecular formula is C21H19F3N4O4. The molecule has 0 aliphatic rings. The number of rotatable bonds is 6. The van der Waals surface area contributed by atoms with E-state index in [1.54, 1.807) is 5.32 Å². The molecule has 3 aromatic rings. The Morgan fingerprint density at radius 2 is 1.78 bits per heavy atom. The number of hydrogen-bond donors (Lipinski definition) is 3. The monoisotopic (exact) mass is 448 g/mol. The normalized spacial score (nSPS) is 11.6. The predicted octanol–water partition coefficient (Wildman–Crippen LogP) is 3.57. The van der Waals surface area contributed by atoms with Gasteiger partial charge in [-0.2, -0.15) is 13.2 Å². The smallest absolute Gasteiger partial charge is 0.405 e. The van der Waals surface area contributed by atoms with Crippen LogP contribution >= 0.6 is 0 Å². The number of amides is 1. The van der Waals surface area contributed by atoms with E-state index >= 15 is 0 Å². The molecule has 0 atom stereocenters. The zero-order valence-electron chi connectivity index (χ0n) is 17.0. The Hall–Kier alpha value is -3.89. The predicted molar refractivity (Wildman–Crippen MR) is 108 cm³/mol. The Morgan fingerprint density at radius 3 is 2.34 bits per heavy atom. The highest BCUT2D eigenvalue weighted by atomic mass is 19.4. The SMILES string of the molecule is CC(C)c1cc(-c2nnc(C(=O)NCC(F)(F)F)n2-c2ccc(C=O)cc2)c(O)cc1O. The van der Waals surface area contributed by atoms with Crippen molar-refractivity contribution < 1.29 is 33.0 Å². The number of carbonyl (C=O) groups excluding carboxylic acids is 2. The van der Waals surface area contributed by atoms with Gasteiger partial charge in [0.2, 0.25) is 5.82 Å². The number of nitrogens with zero attached hydrogens (tertiary/aromatic N) is 3. The number of phenolic OH excluding ortho intramolecular Hbond substituents is 2. The van der Waals surface area contributed by atoms with Crippen molar-refractivity contribution >= 4 is 12.2 Å². The van der Waals surface area contributed by atoms with E-state index in [-0.39, 0.29) is 34.5 Å². The minimum Gasteiger partial charge on any atom is -0.508 e. The first kappa shape index (κ1) is 22.8. The van der Waals surface area contributed by atoms with Crippen LogP contribution in [0, 0.1) is 0 Å². The third-order valence-corrected chi connectivity index (χ3v) is 4.61. The van der Waals surface area contributed by atoms with Crippen LogP contribution < -0.4 is 5.32 Å². The molecular weight excluding hydrogens is 429 g/mol. The van der Waals surface area contributed by atoms with Crippen LogP contribution in [0.1, 0.15) is 46.3 Å². The molecule has 0 bridgehead atoms. The Balaban J connectivity index is 2.19. The molecule has 0 aliphatic heterocycles. The van der Waals surface area contributed by atoms with Gasteiger partial charge in [0.05, 0.1) is 5.56 Å². The quantitative estimate of drug-likeness (QED) is 0.497. The number of alkyl halides is 3. The second-order valence-electron chi connectivity index (χ2n) is 7.27. The molecule has 11 heteroatoms. The van der Waals surface area contributed by atoms with Gasteiger partial charge in [-0.3, -0.25) is 14.2 Å². The molecule has 0 saturated carbocycles. The number of hydrogen-bond acceptors (Lipinski definition) is 6. The molecule has 8 nitrogen and oxygen atoms in total. The molecule has 3 rings (SSSR count). The summed E-state index contributed by atoms with van der Waals surface area (Å²) in [5.41, 5.74) is 1.19. The lowest BCUT2D eigenvalue weighted by Gasteiger charge is -2.15. The molecule has 1 aromatic heterocycles. The van der Waals surface area contributed by atoms with Crippen molar-refractivity contribution in [3.63, 3.8) is 0 Å². The summed E-state index contributed by atoms with van der Waals surface area (Å²) in [6.07, 6.45) is -4.02. The number of aromatic nitrogens is 3. The molecule has 0 aliphatic carbocycles. The topological polar surface area (TPSA) is 117 Å². The van der Waals surface area contributed by atoms with Gasteiger partial charge in [0, 0.05) is 17.3 Å². The maximum Gasteiger partial charge on any atom is 0.405 e. The molecule has 2 aromatic carbocycles. The van der Waals surface area contributed by atoms with Gasteiger partial charge in [-0.1, -0.05) is 13.8 Å². The highest BCUT2D eigenvalue weighted by molar-refractivity contribution is 5.92. The van der Waals surface area contributed by atoms with Crippen LogP contribution in [0.2, 0.25) is 0 Å². The highest BCUT2D eigenvalue weighted by Crippen LogP contribution is 2.38. The standard InChI is InChI=1S/C21H19F3N4O4/c1-11(2)14-7-15(17(31)8-16(14)30)18-26-27-19(20(32)25-10-21(22,23)24)28(18)13-5-3-12(9-29)4-6-13/h3-9,11,30-31H,10H2,1-2H3,(H,25,32). The largest absolute Gasteiger partial charge is 0.508 e. The molecule has 1 heterocycles. The average Bonchev–Trinajstić information content (AvgIpc) is 3.16. The molecule has 0 fully saturated rings. The fraction of sp³-hybridized carbons (Fsp3) is 0.238. The van der Waals surface area contributed by atoms with Gasteiger partial charge in [0.25, 0.3) is 5.91 Å². The van der Waals surface area contributed by atoms with E-state index in [4.69, 9.17) is 0 Å². The number of carbonyl (C=O) groups is 2. The molecule has 168 valence electrons. The van der Waals surface area contributed by atoms with Crippen LogP contribution in [0.4, 0.5) is 13.2 Å². The van der Waals surface area contributed by atoms with Gasteiger partial charge in [-0.05, 0) is 41.8 Å². The van der Waals surface area contributed by atoms with Gasteiger partial charge >= 0.3 is 6.18 Å². The summed E-state index contributed by atoms with van der Waals surface area (Å²) in [4.78, 5) is 23.4. The van der Waals surface area contributed by atoms with Crippen LogP contribution in [-0.4, -0.2) is 49.9 Å². The molecule has 0 saturated heterocycles. The number of aldehydes is 1. The summed E-state index contributed by atoms with van der Waals surface area (Å²) < 4.78 is 38.9. The number of phenols is 2. The number of nitrogens with one attached hydrogen (secondary N) is 1. The van der Waals surface area contributed by atoms with Gasteiger partial charge in [-0.25, -0.2) is 0 Å². The Bertz CT molecular complexity index is 1160. The minimum atomic E-state index is -4.63. The van der Waals surface area contributed by atoms with Crippen molar-refractivity contribution in [2.45, 2.75) is 25.9 Å². The minimum absolute atomic E-state index is 0.0413. The van der Waals surface area contributed by atoms with E-state index in [2.05, 4.69) is 10.2 Å². The first-order valence-electron chi connectivity index (χ1n) is 9.44. The lowest BCUT2D eigenvalue weighted by atomic mass is 9.98. The maximum atomic E-state index is 12.6. The Kier molecular flexibility index (Phi) is 6.19. The zero-order valence-corrected chi connectivity index (χ0v) is 17.0. The summed E-state index contributed by atoms with van der Waals surface area (Å²) in [7, 11) is 0. The zero-order chi connectivity index (χ0) is 23.6. The highest BCUT2D eigenvalue weighted by Gasteiger charge is 2.30. The van der Waals surface area contributed by atoms with Crippen molar-refractivity contribution in [3.05, 3.63) is 53.3 Å². The van der Waals surface area contributed by atoms with Crippen LogP contribution in [0.15, 0.2) is 36.4 Å². The second kappa shape index (κ2) is 8.69. The van der Waals surface area contributed by atoms with Crippen molar-refractivity contribution in [2.24, 2.45) is 0 Å². The van der Waals surface area contributed by atoms with E-state index in [0.29, 0.717) is 17.4 Å². The summed E-state index contributed by atoms with van der Waals surface area (Å²) in [6, 6.07) is 8.38. The lowest BCUT2D eigenvalue weighted by Crippen LogP contribution is -2.35. The van der Waals surface area contributed by atoms with Gasteiger partial charge in [0.15, 0.2) is 5.82 Å². The third-order valence-electron chi connectivity index (χ3n) is 4.61. The Labute approximate surface area is 180 Å². The molecule has 0 unspecified atom stereocenters. The van der Waals surface area contributed by atoms with Crippen LogP contribution in [0.3, 0.4) is 0 Å². The fourth-order valence-corrected chi connectivity index (χ4v) is 3.05. The van der Waals surface area contributed by atoms with E-state index in [1.807, 2.05) is 13.8 Å². The summed E-state index contributed by atoms with van der Waals surface area (Å²) in [6.45, 7) is 2.06. The first-order chi connectivity index (χ1) is 15.0. The molecule has 3 N–H and O–H groups in total. The lowest BCUT2D eigenvalue weighted by molar-refractivity contribution is -0.123. The molecule has 0 spiro atoms. The number of halogens is 3. The summed E-state index contributed by atoms with van der Waals surface area (Å²) in [5.74, 6) is -2.28. The molecule has 1 amide bonds. The van der Waals surface area contributed by atoms with Crippen LogP contribution in [-0.2, 0) is 0 Å². The van der Waals surface area contributed by atoms with Crippen LogP contribution in [0.5, 0.6) is 11.5 Å². The first-order valence-corrected chi connectivity index (χ1v) is 9.44. The fourth-order valence-electron chi connectivity index (χ4n) is 3.05. The van der Waals surface area contributed by atoms with Crippen molar-refractivity contribution in [1.29, 1.82) is 0 Å². The molecule has 0 radical (unpaired) electrons. The van der Waals surface area contributed by atoms with Gasteiger partial charge in [-0.15, -0.1) is 10.2 Å². The summed E-state index contributed by atoms with van der Waals surface area (Å²) in [5, 5.41) is 29.9. The van der Waals surface area contributed by atoms with Crippen molar-refractivity contribution in [2.75, 3.05) is 6.54 Å². The Morgan fingerprint density at radius 1 is 1.12 bits per heavy atom. The van der Waals surface area contributed by atoms with Gasteiger partial charge < -0.3 is 15.5 Å². The average molecular weight is 448 g/mol. The second-order valence-corrected chi connectivity index (χ2v) is 7.27. The summed E-state index contributed by atoms with van der Waals surface area (Å²) >= 11 is 0. The van der Waals surface area contributed by atoms with E-state index in [0.717, 1.165) is 10.6 Å². The van der Waals surface area contributed by atoms with E-state index in [9.17, 15) is 33.0 Å². The van der Waals surface area contributed by atoms with E-state index in [1.165, 1.54) is 30.3 Å². The maximum absolute atomic E-state index is 12.6. The van der Waals surface area contributed by atoms with Gasteiger partial charge in [0.1, 0.15) is 24.3 Å². The van der Waals surface area contributed by atoms with Crippen LogP contribution in [0.25, 0.3) is 17.1 Å².